The van der Waals surface area contributed by atoms with E-state index in [-0.39, 0.29) is 24.4 Å². The van der Waals surface area contributed by atoms with Gasteiger partial charge in [-0.15, -0.1) is 23.7 Å². The van der Waals surface area contributed by atoms with Gasteiger partial charge in [-0.3, -0.25) is 9.69 Å². The van der Waals surface area contributed by atoms with Gasteiger partial charge in [0.1, 0.15) is 0 Å². The molecular formula is C19H27ClN4OS. The summed E-state index contributed by atoms with van der Waals surface area (Å²) in [5.41, 5.74) is 2.78. The fourth-order valence-corrected chi connectivity index (χ4v) is 4.15. The number of aromatic nitrogens is 1. The molecule has 1 aliphatic rings. The molecule has 1 aliphatic heterocycles. The fourth-order valence-electron chi connectivity index (χ4n) is 3.23. The van der Waals surface area contributed by atoms with Crippen molar-refractivity contribution < 1.29 is 4.79 Å². The highest BCUT2D eigenvalue weighted by Crippen LogP contribution is 2.30. The third-order valence-corrected chi connectivity index (χ3v) is 5.53. The smallest absolute Gasteiger partial charge is 0.251 e. The van der Waals surface area contributed by atoms with Crippen LogP contribution < -0.4 is 10.6 Å². The zero-order chi connectivity index (χ0) is 17.8. The number of nitrogens with zero attached hydrogens (tertiary/aromatic N) is 2. The molecule has 1 amide bonds. The lowest BCUT2D eigenvalue weighted by Crippen LogP contribution is -2.49. The minimum absolute atomic E-state index is 0. The molecule has 142 valence electrons. The monoisotopic (exact) mass is 394 g/mol. The van der Waals surface area contributed by atoms with E-state index in [4.69, 9.17) is 0 Å². The quantitative estimate of drug-likeness (QED) is 0.818. The van der Waals surface area contributed by atoms with E-state index in [0.717, 1.165) is 53.9 Å². The molecule has 5 nitrogen and oxygen atoms in total. The maximum Gasteiger partial charge on any atom is 0.251 e. The summed E-state index contributed by atoms with van der Waals surface area (Å²) in [5, 5.41) is 7.53. The topological polar surface area (TPSA) is 57.3 Å². The number of halogens is 1. The minimum Gasteiger partial charge on any atom is -0.348 e. The molecule has 0 bridgehead atoms. The first-order valence-electron chi connectivity index (χ1n) is 8.81. The molecule has 0 spiro atoms. The Kier molecular flexibility index (Phi) is 7.58. The average Bonchev–Trinajstić information content (AvgIpc) is 2.94. The van der Waals surface area contributed by atoms with Gasteiger partial charge in [-0.05, 0) is 38.5 Å². The van der Waals surface area contributed by atoms with Crippen LogP contribution in [0.3, 0.4) is 0 Å². The molecule has 7 heteroatoms. The third kappa shape index (κ3) is 5.27. The molecule has 1 aromatic heterocycles. The Morgan fingerprint density at radius 3 is 2.73 bits per heavy atom. The van der Waals surface area contributed by atoms with Crippen LogP contribution in [0.1, 0.15) is 28.0 Å². The molecule has 26 heavy (non-hydrogen) atoms. The summed E-state index contributed by atoms with van der Waals surface area (Å²) in [6.07, 6.45) is 0. The summed E-state index contributed by atoms with van der Waals surface area (Å²) in [5.74, 6) is -0.0108. The van der Waals surface area contributed by atoms with Gasteiger partial charge < -0.3 is 10.6 Å². The standard InChI is InChI=1S/C19H26N4OS.ClH/c1-13(12-23-9-7-20-8-10-23)21-19(24)17-6-4-5-16(11-17)18-14(2)22-15(3)25-18;/h4-6,11,13,20H,7-10,12H2,1-3H3,(H,21,24);1H. The molecule has 1 unspecified atom stereocenters. The van der Waals surface area contributed by atoms with Crippen molar-refractivity contribution in [1.82, 2.24) is 20.5 Å². The number of carbonyl (C=O) groups is 1. The van der Waals surface area contributed by atoms with E-state index in [0.29, 0.717) is 5.56 Å². The van der Waals surface area contributed by atoms with Crippen molar-refractivity contribution in [2.75, 3.05) is 32.7 Å². The zero-order valence-corrected chi connectivity index (χ0v) is 17.2. The molecule has 0 radical (unpaired) electrons. The second kappa shape index (κ2) is 9.46. The normalized spacial score (nSPS) is 16.0. The Labute approximate surface area is 165 Å². The first kappa shape index (κ1) is 20.8. The summed E-state index contributed by atoms with van der Waals surface area (Å²) in [6.45, 7) is 11.1. The van der Waals surface area contributed by atoms with Gasteiger partial charge in [-0.2, -0.15) is 0 Å². The van der Waals surface area contributed by atoms with Crippen LogP contribution in [0.5, 0.6) is 0 Å². The van der Waals surface area contributed by atoms with E-state index in [1.165, 1.54) is 0 Å². The third-order valence-electron chi connectivity index (χ3n) is 4.41. The van der Waals surface area contributed by atoms with Crippen molar-refractivity contribution in [2.45, 2.75) is 26.8 Å². The molecule has 1 atom stereocenters. The van der Waals surface area contributed by atoms with Crippen LogP contribution in [-0.4, -0.2) is 54.6 Å². The van der Waals surface area contributed by atoms with Crippen LogP contribution in [0, 0.1) is 13.8 Å². The van der Waals surface area contributed by atoms with Crippen molar-refractivity contribution in [1.29, 1.82) is 0 Å². The van der Waals surface area contributed by atoms with Gasteiger partial charge in [-0.1, -0.05) is 12.1 Å². The van der Waals surface area contributed by atoms with Gasteiger partial charge in [0.05, 0.1) is 15.6 Å². The highest BCUT2D eigenvalue weighted by atomic mass is 35.5. The summed E-state index contributed by atoms with van der Waals surface area (Å²) < 4.78 is 0. The van der Waals surface area contributed by atoms with Crippen LogP contribution in [-0.2, 0) is 0 Å². The molecule has 0 saturated carbocycles. The van der Waals surface area contributed by atoms with Crippen molar-refractivity contribution in [2.24, 2.45) is 0 Å². The summed E-state index contributed by atoms with van der Waals surface area (Å²) in [6, 6.07) is 7.95. The molecule has 2 aromatic rings. The fraction of sp³-hybridized carbons (Fsp3) is 0.474. The Bertz CT molecular complexity index is 743. The van der Waals surface area contributed by atoms with Gasteiger partial charge >= 0.3 is 0 Å². The number of aryl methyl sites for hydroxylation is 2. The van der Waals surface area contributed by atoms with Crippen LogP contribution >= 0.6 is 23.7 Å². The lowest BCUT2D eigenvalue weighted by atomic mass is 10.1. The van der Waals surface area contributed by atoms with Gasteiger partial charge in [-0.25, -0.2) is 4.98 Å². The van der Waals surface area contributed by atoms with E-state index in [9.17, 15) is 4.79 Å². The number of piperazine rings is 1. The van der Waals surface area contributed by atoms with Crippen molar-refractivity contribution >= 4 is 29.7 Å². The van der Waals surface area contributed by atoms with Gasteiger partial charge in [0.15, 0.2) is 0 Å². The Hall–Kier alpha value is -1.47. The second-order valence-corrected chi connectivity index (χ2v) is 7.86. The summed E-state index contributed by atoms with van der Waals surface area (Å²) in [4.78, 5) is 20.6. The minimum atomic E-state index is -0.0108. The molecular weight excluding hydrogens is 368 g/mol. The number of hydrogen-bond acceptors (Lipinski definition) is 5. The number of thiazole rings is 1. The van der Waals surface area contributed by atoms with Gasteiger partial charge in [0.2, 0.25) is 0 Å². The lowest BCUT2D eigenvalue weighted by molar-refractivity contribution is 0.0927. The van der Waals surface area contributed by atoms with Crippen molar-refractivity contribution in [3.05, 3.63) is 40.5 Å². The lowest BCUT2D eigenvalue weighted by Gasteiger charge is -2.29. The maximum absolute atomic E-state index is 12.6. The largest absolute Gasteiger partial charge is 0.348 e. The summed E-state index contributed by atoms with van der Waals surface area (Å²) >= 11 is 1.67. The zero-order valence-electron chi connectivity index (χ0n) is 15.5. The maximum atomic E-state index is 12.6. The second-order valence-electron chi connectivity index (χ2n) is 6.65. The van der Waals surface area contributed by atoms with Crippen molar-refractivity contribution in [3.8, 4) is 10.4 Å². The van der Waals surface area contributed by atoms with Crippen LogP contribution in [0.4, 0.5) is 0 Å². The number of carbonyl (C=O) groups excluding carboxylic acids is 1. The van der Waals surface area contributed by atoms with Crippen LogP contribution in [0.15, 0.2) is 24.3 Å². The van der Waals surface area contributed by atoms with Crippen molar-refractivity contribution in [3.63, 3.8) is 0 Å². The molecule has 1 aromatic carbocycles. The Morgan fingerprint density at radius 1 is 1.35 bits per heavy atom. The average molecular weight is 395 g/mol. The number of rotatable bonds is 5. The van der Waals surface area contributed by atoms with Crippen LogP contribution in [0.2, 0.25) is 0 Å². The SMILES string of the molecule is Cc1nc(C)c(-c2cccc(C(=O)NC(C)CN3CCNCC3)c2)s1.Cl. The molecule has 1 fully saturated rings. The van der Waals surface area contributed by atoms with Gasteiger partial charge in [0, 0.05) is 44.3 Å². The van der Waals surface area contributed by atoms with Gasteiger partial charge in [0.25, 0.3) is 5.91 Å². The predicted molar refractivity (Wildman–Crippen MR) is 111 cm³/mol. The van der Waals surface area contributed by atoms with E-state index in [1.807, 2.05) is 38.1 Å². The van der Waals surface area contributed by atoms with E-state index >= 15 is 0 Å². The number of hydrogen-bond donors (Lipinski definition) is 2. The molecule has 2 heterocycles. The molecule has 1 saturated heterocycles. The van der Waals surface area contributed by atoms with E-state index < -0.39 is 0 Å². The Balaban J connectivity index is 0.00000243. The Morgan fingerprint density at radius 2 is 2.08 bits per heavy atom. The van der Waals surface area contributed by atoms with Crippen LogP contribution in [0.25, 0.3) is 10.4 Å². The first-order chi connectivity index (χ1) is 12.0. The number of nitrogens with one attached hydrogen (secondary N) is 2. The predicted octanol–water partition coefficient (Wildman–Crippen LogP) is 2.87. The molecule has 0 aliphatic carbocycles. The number of benzene rings is 1. The molecule has 3 rings (SSSR count). The van der Waals surface area contributed by atoms with E-state index in [1.54, 1.807) is 11.3 Å². The first-order valence-corrected chi connectivity index (χ1v) is 9.63. The van der Waals surface area contributed by atoms with E-state index in [2.05, 4.69) is 27.4 Å². The highest BCUT2D eigenvalue weighted by molar-refractivity contribution is 7.15. The number of amides is 1. The molecule has 2 N–H and O–H groups in total. The highest BCUT2D eigenvalue weighted by Gasteiger charge is 2.16. The summed E-state index contributed by atoms with van der Waals surface area (Å²) in [7, 11) is 0.